The molecule has 0 amide bonds. The maximum absolute atomic E-state index is 12.0. The molecule has 2 heterocycles. The summed E-state index contributed by atoms with van der Waals surface area (Å²) in [5, 5.41) is 6.09. The van der Waals surface area contributed by atoms with Gasteiger partial charge in [-0.3, -0.25) is 5.10 Å². The van der Waals surface area contributed by atoms with Crippen LogP contribution in [-0.4, -0.2) is 30.0 Å². The Morgan fingerprint density at radius 2 is 2.38 bits per heavy atom. The molecule has 0 fully saturated rings. The minimum Gasteiger partial charge on any atom is -0.472 e. The maximum atomic E-state index is 12.0. The molecule has 0 saturated heterocycles. The van der Waals surface area contributed by atoms with Gasteiger partial charge >= 0.3 is 0 Å². The summed E-state index contributed by atoms with van der Waals surface area (Å²) >= 11 is 0. The second-order valence-corrected chi connectivity index (χ2v) is 5.37. The van der Waals surface area contributed by atoms with Gasteiger partial charge in [-0.1, -0.05) is 0 Å². The minimum absolute atomic E-state index is 0.151. The van der Waals surface area contributed by atoms with Crippen LogP contribution in [0.15, 0.2) is 40.3 Å². The number of nitrogens with one attached hydrogen (secondary N) is 1. The molecule has 2 rings (SSSR count). The first-order valence-corrected chi connectivity index (χ1v) is 6.01. The highest BCUT2D eigenvalue weighted by molar-refractivity contribution is 7.89. The average Bonchev–Trinajstić information content (AvgIpc) is 2.89. The predicted octanol–water partition coefficient (Wildman–Crippen LogP) is 0.823. The van der Waals surface area contributed by atoms with Gasteiger partial charge in [0.25, 0.3) is 0 Å². The van der Waals surface area contributed by atoms with E-state index in [-0.39, 0.29) is 11.4 Å². The molecule has 7 heteroatoms. The van der Waals surface area contributed by atoms with E-state index >= 15 is 0 Å². The van der Waals surface area contributed by atoms with Crippen LogP contribution in [0.1, 0.15) is 5.56 Å². The summed E-state index contributed by atoms with van der Waals surface area (Å²) in [5.41, 5.74) is 0.801. The summed E-state index contributed by atoms with van der Waals surface area (Å²) in [5.74, 6) is 0. The first-order valence-electron chi connectivity index (χ1n) is 4.57. The van der Waals surface area contributed by atoms with Crippen molar-refractivity contribution in [3.8, 4) is 0 Å². The number of hydrogen-bond donors (Lipinski definition) is 1. The lowest BCUT2D eigenvalue weighted by Gasteiger charge is -2.14. The maximum Gasteiger partial charge on any atom is 0.246 e. The molecule has 0 bridgehead atoms. The third-order valence-corrected chi connectivity index (χ3v) is 3.94. The molecule has 2 aromatic rings. The molecular formula is C9H11N3O3S. The Morgan fingerprint density at radius 3 is 2.94 bits per heavy atom. The lowest BCUT2D eigenvalue weighted by molar-refractivity contribution is 0.463. The zero-order valence-electron chi connectivity index (χ0n) is 8.62. The van der Waals surface area contributed by atoms with E-state index in [1.165, 1.54) is 36.3 Å². The molecule has 16 heavy (non-hydrogen) atoms. The number of aromatic nitrogens is 2. The molecule has 0 atom stereocenters. The molecule has 0 spiro atoms. The predicted molar refractivity (Wildman–Crippen MR) is 55.9 cm³/mol. The van der Waals surface area contributed by atoms with Crippen LogP contribution in [0.5, 0.6) is 0 Å². The van der Waals surface area contributed by atoms with Gasteiger partial charge in [-0.25, -0.2) is 8.42 Å². The summed E-state index contributed by atoms with van der Waals surface area (Å²) in [4.78, 5) is 0.151. The number of nitrogens with zero attached hydrogens (tertiary/aromatic N) is 2. The van der Waals surface area contributed by atoms with E-state index in [9.17, 15) is 8.42 Å². The minimum atomic E-state index is -3.47. The highest BCUT2D eigenvalue weighted by atomic mass is 32.2. The van der Waals surface area contributed by atoms with Gasteiger partial charge < -0.3 is 4.42 Å². The summed E-state index contributed by atoms with van der Waals surface area (Å²) in [7, 11) is -1.96. The van der Waals surface area contributed by atoms with E-state index in [0.29, 0.717) is 0 Å². The third-order valence-electron chi connectivity index (χ3n) is 2.17. The number of rotatable bonds is 4. The monoisotopic (exact) mass is 241 g/mol. The molecule has 2 aromatic heterocycles. The van der Waals surface area contributed by atoms with Gasteiger partial charge in [0.15, 0.2) is 0 Å². The Kier molecular flexibility index (Phi) is 2.80. The van der Waals surface area contributed by atoms with Crippen LogP contribution in [0.4, 0.5) is 0 Å². The molecule has 0 unspecified atom stereocenters. The van der Waals surface area contributed by atoms with Crippen LogP contribution in [0.25, 0.3) is 0 Å². The fraction of sp³-hybridized carbons (Fsp3) is 0.222. The van der Waals surface area contributed by atoms with Crippen molar-refractivity contribution >= 4 is 10.0 Å². The van der Waals surface area contributed by atoms with Crippen molar-refractivity contribution in [3.63, 3.8) is 0 Å². The molecule has 0 aliphatic heterocycles. The number of aromatic amines is 1. The molecule has 0 aromatic carbocycles. The smallest absolute Gasteiger partial charge is 0.246 e. The number of furan rings is 1. The van der Waals surface area contributed by atoms with Crippen LogP contribution in [-0.2, 0) is 16.6 Å². The molecular weight excluding hydrogens is 230 g/mol. The Morgan fingerprint density at radius 1 is 1.56 bits per heavy atom. The zero-order valence-corrected chi connectivity index (χ0v) is 9.44. The van der Waals surface area contributed by atoms with Crippen molar-refractivity contribution in [1.29, 1.82) is 0 Å². The van der Waals surface area contributed by atoms with Crippen molar-refractivity contribution in [2.45, 2.75) is 11.4 Å². The van der Waals surface area contributed by atoms with Gasteiger partial charge in [-0.15, -0.1) is 0 Å². The summed E-state index contributed by atoms with van der Waals surface area (Å²) in [6.45, 7) is 0.268. The molecule has 0 radical (unpaired) electrons. The van der Waals surface area contributed by atoms with E-state index in [2.05, 4.69) is 10.2 Å². The molecule has 1 N–H and O–H groups in total. The van der Waals surface area contributed by atoms with E-state index in [0.717, 1.165) is 5.56 Å². The third kappa shape index (κ3) is 2.00. The lowest BCUT2D eigenvalue weighted by atomic mass is 10.3. The van der Waals surface area contributed by atoms with Crippen molar-refractivity contribution in [1.82, 2.24) is 14.5 Å². The largest absolute Gasteiger partial charge is 0.472 e. The first kappa shape index (κ1) is 10.9. The van der Waals surface area contributed by atoms with Crippen molar-refractivity contribution in [2.75, 3.05) is 7.05 Å². The van der Waals surface area contributed by atoms with E-state index < -0.39 is 10.0 Å². The standard InChI is InChI=1S/C9H11N3O3S/c1-12(6-8-2-3-15-7-8)16(13,14)9-4-10-11-5-9/h2-5,7H,6H2,1H3,(H,10,11). The fourth-order valence-corrected chi connectivity index (χ4v) is 2.35. The van der Waals surface area contributed by atoms with Gasteiger partial charge in [0.05, 0.1) is 18.7 Å². The van der Waals surface area contributed by atoms with Gasteiger partial charge in [0.2, 0.25) is 10.0 Å². The first-order chi connectivity index (χ1) is 7.60. The number of H-pyrrole nitrogens is 1. The van der Waals surface area contributed by atoms with Crippen molar-refractivity contribution in [3.05, 3.63) is 36.5 Å². The highest BCUT2D eigenvalue weighted by Gasteiger charge is 2.21. The second-order valence-electron chi connectivity index (χ2n) is 3.33. The Hall–Kier alpha value is -1.60. The quantitative estimate of drug-likeness (QED) is 0.859. The Labute approximate surface area is 92.9 Å². The van der Waals surface area contributed by atoms with Crippen molar-refractivity contribution < 1.29 is 12.8 Å². The molecule has 0 saturated carbocycles. The molecule has 6 nitrogen and oxygen atoms in total. The van der Waals surface area contributed by atoms with Gasteiger partial charge in [-0.05, 0) is 6.07 Å². The van der Waals surface area contributed by atoms with Gasteiger partial charge in [-0.2, -0.15) is 9.40 Å². The highest BCUT2D eigenvalue weighted by Crippen LogP contribution is 2.14. The van der Waals surface area contributed by atoms with Crippen LogP contribution in [0, 0.1) is 0 Å². The van der Waals surface area contributed by atoms with Gasteiger partial charge in [0.1, 0.15) is 4.90 Å². The number of hydrogen-bond acceptors (Lipinski definition) is 4. The van der Waals surface area contributed by atoms with Crippen molar-refractivity contribution in [2.24, 2.45) is 0 Å². The lowest BCUT2D eigenvalue weighted by Crippen LogP contribution is -2.25. The molecule has 0 aliphatic carbocycles. The molecule has 0 aliphatic rings. The van der Waals surface area contributed by atoms with Crippen LogP contribution in [0.2, 0.25) is 0 Å². The fourth-order valence-electron chi connectivity index (χ4n) is 1.28. The SMILES string of the molecule is CN(Cc1ccoc1)S(=O)(=O)c1cn[nH]c1. The Bertz CT molecular complexity index is 531. The van der Waals surface area contributed by atoms with E-state index in [1.807, 2.05) is 0 Å². The number of sulfonamides is 1. The average molecular weight is 241 g/mol. The topological polar surface area (TPSA) is 79.2 Å². The van der Waals surface area contributed by atoms with E-state index in [1.54, 1.807) is 6.07 Å². The Balaban J connectivity index is 2.19. The summed E-state index contributed by atoms with van der Waals surface area (Å²) < 4.78 is 30.0. The summed E-state index contributed by atoms with van der Waals surface area (Å²) in [6.07, 6.45) is 5.65. The van der Waals surface area contributed by atoms with E-state index in [4.69, 9.17) is 4.42 Å². The van der Waals surface area contributed by atoms with Crippen LogP contribution in [0.3, 0.4) is 0 Å². The van der Waals surface area contributed by atoms with Gasteiger partial charge in [0, 0.05) is 25.4 Å². The second kappa shape index (κ2) is 4.11. The molecule has 86 valence electrons. The van der Waals surface area contributed by atoms with Crippen LogP contribution >= 0.6 is 0 Å². The van der Waals surface area contributed by atoms with Crippen LogP contribution < -0.4 is 0 Å². The zero-order chi connectivity index (χ0) is 11.6. The summed E-state index contributed by atoms with van der Waals surface area (Å²) in [6, 6.07) is 1.72. The normalized spacial score (nSPS) is 12.1.